The first-order valence-electron chi connectivity index (χ1n) is 36.7. The molecule has 0 aliphatic heterocycles. The lowest BCUT2D eigenvalue weighted by Gasteiger charge is -2.25. The smallest absolute Gasteiger partial charge is 0.387 e. The van der Waals surface area contributed by atoms with Crippen molar-refractivity contribution < 1.29 is 32.9 Å². The Kier molecular flexibility index (Phi) is 65.9. The Morgan fingerprint density at radius 3 is 1.03 bits per heavy atom. The fourth-order valence-electron chi connectivity index (χ4n) is 10.1. The van der Waals surface area contributed by atoms with E-state index in [0.717, 1.165) is 116 Å². The van der Waals surface area contributed by atoms with Crippen molar-refractivity contribution in [1.29, 1.82) is 0 Å². The number of allylic oxidation sites excluding steroid dienone is 23. The second-order valence-electron chi connectivity index (χ2n) is 25.6. The zero-order chi connectivity index (χ0) is 64.8. The van der Waals surface area contributed by atoms with Gasteiger partial charge in [-0.2, -0.15) is 0 Å². The lowest BCUT2D eigenvalue weighted by atomic mass is 10.0. The summed E-state index contributed by atoms with van der Waals surface area (Å²) in [5.74, 6) is -0.201. The summed E-state index contributed by atoms with van der Waals surface area (Å²) >= 11 is 0. The number of aliphatic hydroxyl groups excluding tert-OH is 1. The minimum atomic E-state index is -4.38. The molecule has 0 saturated carbocycles. The molecule has 0 fully saturated rings. The normalized spacial score (nSPS) is 14.5. The molecule has 3 atom stereocenters. The highest BCUT2D eigenvalue weighted by atomic mass is 31.2. The van der Waals surface area contributed by atoms with Crippen molar-refractivity contribution in [2.45, 2.75) is 315 Å². The van der Waals surface area contributed by atoms with E-state index in [0.29, 0.717) is 17.4 Å². The van der Waals surface area contributed by atoms with E-state index >= 15 is 0 Å². The van der Waals surface area contributed by atoms with E-state index in [1.165, 1.54) is 167 Å². The minimum absolute atomic E-state index is 0.0453. The maximum absolute atomic E-state index is 13.1. The number of hydrogen-bond donors (Lipinski definition) is 3. The van der Waals surface area contributed by atoms with Crippen LogP contribution in [-0.4, -0.2) is 73.4 Å². The number of amides is 1. The molecule has 0 aromatic carbocycles. The number of unbranched alkanes of at least 4 members (excludes halogenated alkanes) is 31. The Hall–Kier alpha value is -3.62. The van der Waals surface area contributed by atoms with Gasteiger partial charge in [-0.1, -0.05) is 327 Å². The van der Waals surface area contributed by atoms with Gasteiger partial charge in [0.15, 0.2) is 0 Å². The van der Waals surface area contributed by atoms with Crippen LogP contribution in [0.4, 0.5) is 0 Å². The second-order valence-corrected chi connectivity index (χ2v) is 27.0. The Bertz CT molecular complexity index is 1960. The van der Waals surface area contributed by atoms with Gasteiger partial charge >= 0.3 is 7.82 Å². The van der Waals surface area contributed by atoms with Crippen molar-refractivity contribution in [3.8, 4) is 0 Å². The van der Waals surface area contributed by atoms with Crippen molar-refractivity contribution in [2.75, 3.05) is 40.9 Å². The molecular weight excluding hydrogens is 1120 g/mol. The van der Waals surface area contributed by atoms with Crippen molar-refractivity contribution in [2.24, 2.45) is 0 Å². The predicted octanol–water partition coefficient (Wildman–Crippen LogP) is 23.9. The van der Waals surface area contributed by atoms with E-state index in [1.807, 2.05) is 27.2 Å². The summed E-state index contributed by atoms with van der Waals surface area (Å²) in [5, 5.41) is 14.0. The van der Waals surface area contributed by atoms with Gasteiger partial charge in [-0.25, -0.2) is 4.57 Å². The van der Waals surface area contributed by atoms with Gasteiger partial charge in [0.05, 0.1) is 39.9 Å². The molecule has 0 radical (unpaired) electrons. The van der Waals surface area contributed by atoms with Crippen LogP contribution in [0.15, 0.2) is 146 Å². The van der Waals surface area contributed by atoms with Crippen molar-refractivity contribution in [3.05, 3.63) is 146 Å². The van der Waals surface area contributed by atoms with Gasteiger partial charge in [0.1, 0.15) is 13.2 Å². The lowest BCUT2D eigenvalue weighted by Crippen LogP contribution is -2.45. The predicted molar refractivity (Wildman–Crippen MR) is 391 cm³/mol. The number of nitrogens with one attached hydrogen (secondary N) is 1. The third-order valence-corrected chi connectivity index (χ3v) is 16.8. The number of rotatable bonds is 66. The fraction of sp³-hybridized carbons (Fsp3) is 0.688. The van der Waals surface area contributed by atoms with E-state index in [2.05, 4.69) is 153 Å². The van der Waals surface area contributed by atoms with Crippen LogP contribution in [0.5, 0.6) is 0 Å². The largest absolute Gasteiger partial charge is 0.472 e. The van der Waals surface area contributed by atoms with Crippen LogP contribution in [0.2, 0.25) is 0 Å². The van der Waals surface area contributed by atoms with Crippen molar-refractivity contribution in [1.82, 2.24) is 5.32 Å². The Labute approximate surface area is 550 Å². The average Bonchev–Trinajstić information content (AvgIpc) is 3.57. The van der Waals surface area contributed by atoms with E-state index in [1.54, 1.807) is 6.08 Å². The Morgan fingerprint density at radius 2 is 0.685 bits per heavy atom. The van der Waals surface area contributed by atoms with Crippen LogP contribution >= 0.6 is 7.82 Å². The molecule has 3 unspecified atom stereocenters. The molecule has 0 heterocycles. The van der Waals surface area contributed by atoms with Gasteiger partial charge < -0.3 is 19.8 Å². The third-order valence-electron chi connectivity index (χ3n) is 15.8. The Balaban J connectivity index is 4.18. The molecule has 0 spiro atoms. The van der Waals surface area contributed by atoms with Crippen LogP contribution < -0.4 is 5.32 Å². The van der Waals surface area contributed by atoms with Crippen LogP contribution in [-0.2, 0) is 18.4 Å². The average molecular weight is 1260 g/mol. The molecule has 0 saturated heterocycles. The number of aliphatic hydroxyl groups is 1. The molecule has 1 amide bonds. The van der Waals surface area contributed by atoms with Crippen LogP contribution in [0.3, 0.4) is 0 Å². The number of hydrogen-bond acceptors (Lipinski definition) is 5. The summed E-state index contributed by atoms with van der Waals surface area (Å²) < 4.78 is 23.8. The maximum Gasteiger partial charge on any atom is 0.472 e. The van der Waals surface area contributed by atoms with Gasteiger partial charge in [0.2, 0.25) is 5.91 Å². The zero-order valence-electron chi connectivity index (χ0n) is 58.4. The number of nitrogens with zero attached hydrogens (tertiary/aromatic N) is 1. The summed E-state index contributed by atoms with van der Waals surface area (Å²) in [6.07, 6.45) is 106. The fourth-order valence-corrected chi connectivity index (χ4v) is 10.9. The van der Waals surface area contributed by atoms with Crippen LogP contribution in [0.25, 0.3) is 0 Å². The highest BCUT2D eigenvalue weighted by Crippen LogP contribution is 2.43. The molecule has 0 rings (SSSR count). The van der Waals surface area contributed by atoms with Gasteiger partial charge in [0.25, 0.3) is 0 Å². The molecule has 89 heavy (non-hydrogen) atoms. The lowest BCUT2D eigenvalue weighted by molar-refractivity contribution is -0.870. The summed E-state index contributed by atoms with van der Waals surface area (Å²) in [7, 11) is 1.53. The number of phosphoric acid groups is 1. The van der Waals surface area contributed by atoms with Crippen molar-refractivity contribution >= 4 is 13.7 Å². The molecule has 0 aromatic rings. The molecule has 0 aromatic heterocycles. The first-order valence-corrected chi connectivity index (χ1v) is 38.2. The number of carbonyl (C=O) groups is 1. The Morgan fingerprint density at radius 1 is 0.393 bits per heavy atom. The molecule has 0 aliphatic carbocycles. The molecule has 510 valence electrons. The molecule has 9 heteroatoms. The molecule has 3 N–H and O–H groups in total. The summed E-state index contributed by atoms with van der Waals surface area (Å²) in [6.45, 7) is 4.68. The summed E-state index contributed by atoms with van der Waals surface area (Å²) in [5.41, 5.74) is 0. The number of quaternary nitrogens is 1. The van der Waals surface area contributed by atoms with E-state index < -0.39 is 20.0 Å². The van der Waals surface area contributed by atoms with Gasteiger partial charge in [0, 0.05) is 6.42 Å². The monoisotopic (exact) mass is 1260 g/mol. The van der Waals surface area contributed by atoms with Crippen LogP contribution in [0, 0.1) is 0 Å². The first kappa shape index (κ1) is 85.4. The highest BCUT2D eigenvalue weighted by molar-refractivity contribution is 7.47. The molecule has 8 nitrogen and oxygen atoms in total. The topological polar surface area (TPSA) is 105 Å². The molecular formula is C80H140N2O6P+. The third kappa shape index (κ3) is 71.7. The first-order chi connectivity index (χ1) is 43.5. The van der Waals surface area contributed by atoms with Crippen LogP contribution in [0.1, 0.15) is 303 Å². The SMILES string of the molecule is CC/C=C\C/C=C\C/C=C\C/C=C\C/C=C\C/C=C\C/C=C\C/C=C\C/C=C\CCCCCCCCCCCC(=O)NC(COP(=O)(O)OCC[N+](C)(C)C)C(O)/C=C/CC/C=C/CC/C=C/CCCCCCCCCCCCCCCCCCCCCC. The van der Waals surface area contributed by atoms with E-state index in [-0.39, 0.29) is 19.1 Å². The minimum Gasteiger partial charge on any atom is -0.387 e. The van der Waals surface area contributed by atoms with E-state index in [4.69, 9.17) is 9.05 Å². The summed E-state index contributed by atoms with van der Waals surface area (Å²) in [6, 6.07) is -0.886. The van der Waals surface area contributed by atoms with Gasteiger partial charge in [-0.15, -0.1) is 0 Å². The quantitative estimate of drug-likeness (QED) is 0.0243. The van der Waals surface area contributed by atoms with Gasteiger partial charge in [-0.05, 0) is 116 Å². The second kappa shape index (κ2) is 68.7. The number of carbonyl (C=O) groups excluding carboxylic acids is 1. The highest BCUT2D eigenvalue weighted by Gasteiger charge is 2.28. The standard InChI is InChI=1S/C80H139N2O6P/c1-6-8-10-12-14-16-18-20-22-24-26-28-30-32-34-36-38-39-40-41-42-43-44-46-48-50-52-54-56-58-60-62-64-66-68-70-72-74-80(84)81-78(77-88-89(85,86)87-76-75-82(3,4)5)79(83)73-71-69-67-65-63-61-59-57-55-53-51-49-47-45-37-35-33-31-29-27-25-23-21-19-17-15-13-11-9-7-2/h8,10,14,16,20,22,26,28,32,34,38-39,41-42,44,46,50,52,55,57,63,65,71,73,78-79,83H,6-7,9,11-13,15,17-19,21,23-25,27,29-31,33,35-37,40,43,45,47-49,51,53-54,56,58-62,64,66-70,72,74-77H2,1-5H3,(H-,81,84,85,86)/p+1/b10-8-,16-14-,22-20-,28-26-,34-32-,39-38-,42-41-,46-44-,52-50-,57-55+,65-63+,73-71+. The maximum atomic E-state index is 13.1. The van der Waals surface area contributed by atoms with Crippen molar-refractivity contribution in [3.63, 3.8) is 0 Å². The molecule has 0 bridgehead atoms. The number of likely N-dealkylation sites (N-methyl/N-ethyl adjacent to an activating group) is 1. The molecule has 0 aliphatic rings. The summed E-state index contributed by atoms with van der Waals surface area (Å²) in [4.78, 5) is 23.4. The number of phosphoric ester groups is 1. The van der Waals surface area contributed by atoms with E-state index in [9.17, 15) is 19.4 Å². The van der Waals surface area contributed by atoms with Gasteiger partial charge in [-0.3, -0.25) is 13.8 Å². The zero-order valence-corrected chi connectivity index (χ0v) is 59.3.